The van der Waals surface area contributed by atoms with Crippen LogP contribution in [0.5, 0.6) is 0 Å². The Morgan fingerprint density at radius 2 is 2.21 bits per heavy atom. The van der Waals surface area contributed by atoms with Crippen LogP contribution in [0.15, 0.2) is 6.07 Å². The molecule has 0 spiro atoms. The molecule has 5 nitrogen and oxygen atoms in total. The van der Waals surface area contributed by atoms with E-state index in [1.54, 1.807) is 25.9 Å². The Balaban J connectivity index is 3.19. The molecule has 1 aromatic rings. The summed E-state index contributed by atoms with van der Waals surface area (Å²) in [5.74, 6) is 0. The van der Waals surface area contributed by atoms with Gasteiger partial charge in [-0.3, -0.25) is 10.1 Å². The van der Waals surface area contributed by atoms with Gasteiger partial charge in [0.15, 0.2) is 0 Å². The summed E-state index contributed by atoms with van der Waals surface area (Å²) in [6.45, 7) is 1.60. The van der Waals surface area contributed by atoms with Crippen molar-refractivity contribution in [1.29, 1.82) is 0 Å². The van der Waals surface area contributed by atoms with Crippen LogP contribution in [0, 0.1) is 10.1 Å². The van der Waals surface area contributed by atoms with Gasteiger partial charge in [0.1, 0.15) is 5.00 Å². The van der Waals surface area contributed by atoms with Crippen molar-refractivity contribution in [2.75, 3.05) is 19.0 Å². The lowest BCUT2D eigenvalue weighted by Crippen LogP contribution is -2.09. The molecule has 0 aliphatic carbocycles. The first-order valence-electron chi connectivity index (χ1n) is 4.07. The van der Waals surface area contributed by atoms with Crippen LogP contribution in [-0.2, 0) is 0 Å². The van der Waals surface area contributed by atoms with Gasteiger partial charge < -0.3 is 10.0 Å². The van der Waals surface area contributed by atoms with E-state index in [0.29, 0.717) is 5.56 Å². The second kappa shape index (κ2) is 3.93. The van der Waals surface area contributed by atoms with Crippen molar-refractivity contribution >= 4 is 21.3 Å². The summed E-state index contributed by atoms with van der Waals surface area (Å²) in [5, 5.41) is 20.7. The fourth-order valence-corrected chi connectivity index (χ4v) is 2.11. The first-order valence-corrected chi connectivity index (χ1v) is 4.88. The van der Waals surface area contributed by atoms with Crippen LogP contribution >= 0.6 is 11.3 Å². The van der Waals surface area contributed by atoms with E-state index in [0.717, 1.165) is 16.3 Å². The standard InChI is InChI=1S/C8H12N2O3S/c1-5(11)6-4-7(10(12)13)14-8(6)9(2)3/h4-5,11H,1-3H3. The minimum Gasteiger partial charge on any atom is -0.389 e. The zero-order valence-electron chi connectivity index (χ0n) is 8.22. The molecular weight excluding hydrogens is 204 g/mol. The topological polar surface area (TPSA) is 66.6 Å². The number of nitrogens with zero attached hydrogens (tertiary/aromatic N) is 2. The number of aliphatic hydroxyl groups excluding tert-OH is 1. The summed E-state index contributed by atoms with van der Waals surface area (Å²) in [5.41, 5.74) is 0.603. The van der Waals surface area contributed by atoms with Gasteiger partial charge in [-0.15, -0.1) is 0 Å². The van der Waals surface area contributed by atoms with Crippen molar-refractivity contribution in [3.8, 4) is 0 Å². The third-order valence-corrected chi connectivity index (χ3v) is 3.03. The largest absolute Gasteiger partial charge is 0.389 e. The monoisotopic (exact) mass is 216 g/mol. The average molecular weight is 216 g/mol. The SMILES string of the molecule is CC(O)c1cc([N+](=O)[O-])sc1N(C)C. The highest BCUT2D eigenvalue weighted by atomic mass is 32.1. The van der Waals surface area contributed by atoms with Crippen molar-refractivity contribution in [2.24, 2.45) is 0 Å². The highest BCUT2D eigenvalue weighted by molar-refractivity contribution is 7.19. The van der Waals surface area contributed by atoms with E-state index < -0.39 is 11.0 Å². The predicted octanol–water partition coefficient (Wildman–Crippen LogP) is 1.78. The molecule has 6 heteroatoms. The van der Waals surface area contributed by atoms with Crippen LogP contribution in [0.1, 0.15) is 18.6 Å². The Morgan fingerprint density at radius 1 is 1.64 bits per heavy atom. The number of aliphatic hydroxyl groups is 1. The molecule has 0 fully saturated rings. The lowest BCUT2D eigenvalue weighted by Gasteiger charge is -2.13. The minimum absolute atomic E-state index is 0.0598. The lowest BCUT2D eigenvalue weighted by atomic mass is 10.2. The van der Waals surface area contributed by atoms with Gasteiger partial charge in [-0.25, -0.2) is 0 Å². The number of nitro groups is 1. The smallest absolute Gasteiger partial charge is 0.326 e. The molecule has 14 heavy (non-hydrogen) atoms. The van der Waals surface area contributed by atoms with Gasteiger partial charge in [-0.2, -0.15) is 0 Å². The first kappa shape index (κ1) is 10.9. The zero-order valence-corrected chi connectivity index (χ0v) is 9.04. The first-order chi connectivity index (χ1) is 6.43. The maximum absolute atomic E-state index is 10.5. The van der Waals surface area contributed by atoms with E-state index in [1.165, 1.54) is 6.07 Å². The number of thiophene rings is 1. The molecular formula is C8H12N2O3S. The molecule has 0 bridgehead atoms. The van der Waals surface area contributed by atoms with Crippen LogP contribution < -0.4 is 4.90 Å². The normalized spacial score (nSPS) is 12.6. The van der Waals surface area contributed by atoms with Crippen LogP contribution in [0.4, 0.5) is 10.0 Å². The van der Waals surface area contributed by atoms with Crippen molar-refractivity contribution in [1.82, 2.24) is 0 Å². The molecule has 0 saturated carbocycles. The molecule has 0 aliphatic rings. The number of rotatable bonds is 3. The molecule has 0 amide bonds. The quantitative estimate of drug-likeness (QED) is 0.617. The van der Waals surface area contributed by atoms with Crippen LogP contribution in [0.25, 0.3) is 0 Å². The molecule has 1 aromatic heterocycles. The summed E-state index contributed by atoms with van der Waals surface area (Å²) in [7, 11) is 3.59. The molecule has 0 aliphatic heterocycles. The van der Waals surface area contributed by atoms with Gasteiger partial charge in [-0.05, 0) is 18.3 Å². The van der Waals surface area contributed by atoms with E-state index in [1.807, 2.05) is 0 Å². The van der Waals surface area contributed by atoms with Crippen molar-refractivity contribution in [3.05, 3.63) is 21.7 Å². The average Bonchev–Trinajstić information content (AvgIpc) is 2.47. The molecule has 78 valence electrons. The van der Waals surface area contributed by atoms with Gasteiger partial charge in [0.25, 0.3) is 0 Å². The van der Waals surface area contributed by atoms with E-state index in [-0.39, 0.29) is 5.00 Å². The Kier molecular flexibility index (Phi) is 3.07. The second-order valence-corrected chi connectivity index (χ2v) is 4.18. The van der Waals surface area contributed by atoms with E-state index in [2.05, 4.69) is 0 Å². The van der Waals surface area contributed by atoms with Crippen LogP contribution in [0.2, 0.25) is 0 Å². The Morgan fingerprint density at radius 3 is 2.50 bits per heavy atom. The Labute approximate surface area is 85.7 Å². The highest BCUT2D eigenvalue weighted by Crippen LogP contribution is 2.38. The molecule has 1 heterocycles. The van der Waals surface area contributed by atoms with Gasteiger partial charge in [0, 0.05) is 25.7 Å². The maximum Gasteiger partial charge on any atom is 0.326 e. The van der Waals surface area contributed by atoms with Gasteiger partial charge in [0.2, 0.25) is 0 Å². The van der Waals surface area contributed by atoms with Gasteiger partial charge in [0.05, 0.1) is 11.0 Å². The lowest BCUT2D eigenvalue weighted by molar-refractivity contribution is -0.380. The third kappa shape index (κ3) is 2.02. The van der Waals surface area contributed by atoms with Gasteiger partial charge in [-0.1, -0.05) is 0 Å². The molecule has 1 rings (SSSR count). The molecule has 0 saturated heterocycles. The molecule has 0 radical (unpaired) electrons. The summed E-state index contributed by atoms with van der Waals surface area (Å²) in [4.78, 5) is 11.9. The van der Waals surface area contributed by atoms with E-state index in [4.69, 9.17) is 0 Å². The maximum atomic E-state index is 10.5. The van der Waals surface area contributed by atoms with E-state index in [9.17, 15) is 15.2 Å². The molecule has 1 atom stereocenters. The number of hydrogen-bond acceptors (Lipinski definition) is 5. The summed E-state index contributed by atoms with van der Waals surface area (Å²) < 4.78 is 0. The fraction of sp³-hybridized carbons (Fsp3) is 0.500. The number of hydrogen-bond donors (Lipinski definition) is 1. The van der Waals surface area contributed by atoms with Crippen LogP contribution in [0.3, 0.4) is 0 Å². The Bertz CT molecular complexity index is 321. The van der Waals surface area contributed by atoms with Crippen molar-refractivity contribution in [3.63, 3.8) is 0 Å². The fourth-order valence-electron chi connectivity index (χ4n) is 1.12. The number of anilines is 1. The van der Waals surface area contributed by atoms with Crippen molar-refractivity contribution < 1.29 is 10.0 Å². The minimum atomic E-state index is -0.683. The molecule has 1 N–H and O–H groups in total. The Hall–Kier alpha value is -1.14. The predicted molar refractivity (Wildman–Crippen MR) is 55.9 cm³/mol. The summed E-state index contributed by atoms with van der Waals surface area (Å²) in [6.07, 6.45) is -0.683. The molecule has 0 aromatic carbocycles. The van der Waals surface area contributed by atoms with E-state index >= 15 is 0 Å². The molecule has 1 unspecified atom stereocenters. The van der Waals surface area contributed by atoms with Crippen molar-refractivity contribution in [2.45, 2.75) is 13.0 Å². The summed E-state index contributed by atoms with van der Waals surface area (Å²) >= 11 is 1.07. The van der Waals surface area contributed by atoms with Gasteiger partial charge >= 0.3 is 5.00 Å². The highest BCUT2D eigenvalue weighted by Gasteiger charge is 2.20. The zero-order chi connectivity index (χ0) is 10.9. The summed E-state index contributed by atoms with van der Waals surface area (Å²) in [6, 6.07) is 1.42. The second-order valence-electron chi connectivity index (χ2n) is 3.17. The van der Waals surface area contributed by atoms with Crippen LogP contribution in [-0.4, -0.2) is 24.1 Å². The third-order valence-electron chi connectivity index (χ3n) is 1.76.